The first-order valence-electron chi connectivity index (χ1n) is 5.11. The smallest absolute Gasteiger partial charge is 0.238 e. The Kier molecular flexibility index (Phi) is 3.44. The monoisotopic (exact) mass is 246 g/mol. The molecule has 2 atom stereocenters. The first-order chi connectivity index (χ1) is 7.15. The summed E-state index contributed by atoms with van der Waals surface area (Å²) in [7, 11) is -3.55. The van der Waals surface area contributed by atoms with Gasteiger partial charge in [-0.05, 0) is 11.8 Å². The van der Waals surface area contributed by atoms with Crippen molar-refractivity contribution in [1.29, 1.82) is 0 Å². The van der Waals surface area contributed by atoms with Gasteiger partial charge in [-0.3, -0.25) is 4.79 Å². The normalized spacial score (nSPS) is 26.6. The number of hydrogen-bond acceptors (Lipinski definition) is 3. The van der Waals surface area contributed by atoms with Crippen molar-refractivity contribution < 1.29 is 13.2 Å². The highest BCUT2D eigenvalue weighted by Gasteiger charge is 2.39. The van der Waals surface area contributed by atoms with Gasteiger partial charge in [0.05, 0.1) is 0 Å². The van der Waals surface area contributed by atoms with E-state index in [1.165, 1.54) is 0 Å². The molecule has 0 aliphatic carbocycles. The van der Waals surface area contributed by atoms with Gasteiger partial charge in [-0.2, -0.15) is 4.72 Å². The zero-order chi connectivity index (χ0) is 12.6. The van der Waals surface area contributed by atoms with Gasteiger partial charge in [-0.1, -0.05) is 27.4 Å². The summed E-state index contributed by atoms with van der Waals surface area (Å²) in [6.07, 6.45) is 0.468. The average Bonchev–Trinajstić information content (AvgIpc) is 2.47. The minimum Gasteiger partial charge on any atom is -0.351 e. The Balaban J connectivity index is 2.73. The van der Waals surface area contributed by atoms with Gasteiger partial charge < -0.3 is 5.32 Å². The van der Waals surface area contributed by atoms with Gasteiger partial charge in [0.15, 0.2) is 0 Å². The standard InChI is InChI=1S/C10H18N2O3S/c1-5-16(14,15)12-7-6-8(10(2,3)4)11-9(7)13/h5,7-8,12H,1,6H2,2-4H3,(H,11,13)/t7-,8-/m0/s1. The SMILES string of the molecule is C=CS(=O)(=O)N[C@H]1C[C@@H](C(C)(C)C)NC1=O. The van der Waals surface area contributed by atoms with Gasteiger partial charge in [-0.15, -0.1) is 0 Å². The van der Waals surface area contributed by atoms with Gasteiger partial charge in [0, 0.05) is 11.4 Å². The van der Waals surface area contributed by atoms with Crippen molar-refractivity contribution in [3.63, 3.8) is 0 Å². The van der Waals surface area contributed by atoms with Gasteiger partial charge in [0.1, 0.15) is 6.04 Å². The summed E-state index contributed by atoms with van der Waals surface area (Å²) < 4.78 is 24.8. The molecule has 1 saturated heterocycles. The lowest BCUT2D eigenvalue weighted by Crippen LogP contribution is -2.39. The molecule has 1 amide bonds. The quantitative estimate of drug-likeness (QED) is 0.754. The van der Waals surface area contributed by atoms with E-state index in [1.54, 1.807) is 0 Å². The van der Waals surface area contributed by atoms with Gasteiger partial charge in [-0.25, -0.2) is 8.42 Å². The van der Waals surface area contributed by atoms with Crippen LogP contribution in [0.1, 0.15) is 27.2 Å². The molecule has 0 bridgehead atoms. The predicted molar refractivity (Wildman–Crippen MR) is 62.0 cm³/mol. The van der Waals surface area contributed by atoms with Gasteiger partial charge in [0.25, 0.3) is 0 Å². The second-order valence-corrected chi connectivity index (χ2v) is 6.70. The lowest BCUT2D eigenvalue weighted by atomic mass is 9.85. The number of nitrogens with one attached hydrogen (secondary N) is 2. The van der Waals surface area contributed by atoms with E-state index in [0.717, 1.165) is 5.41 Å². The molecule has 0 aromatic rings. The molecule has 16 heavy (non-hydrogen) atoms. The zero-order valence-corrected chi connectivity index (χ0v) is 10.6. The van der Waals surface area contributed by atoms with Crippen molar-refractivity contribution in [3.8, 4) is 0 Å². The Morgan fingerprint density at radius 2 is 2.06 bits per heavy atom. The van der Waals surface area contributed by atoms with Crippen LogP contribution in [0.15, 0.2) is 12.0 Å². The van der Waals surface area contributed by atoms with Crippen LogP contribution in [-0.2, 0) is 14.8 Å². The van der Waals surface area contributed by atoms with Crippen LogP contribution in [0.5, 0.6) is 0 Å². The lowest BCUT2D eigenvalue weighted by Gasteiger charge is -2.26. The topological polar surface area (TPSA) is 75.3 Å². The first-order valence-corrected chi connectivity index (χ1v) is 6.65. The van der Waals surface area contributed by atoms with Crippen LogP contribution in [-0.4, -0.2) is 26.4 Å². The van der Waals surface area contributed by atoms with E-state index in [4.69, 9.17) is 0 Å². The third-order valence-electron chi connectivity index (χ3n) is 2.68. The van der Waals surface area contributed by atoms with E-state index in [9.17, 15) is 13.2 Å². The lowest BCUT2D eigenvalue weighted by molar-refractivity contribution is -0.120. The summed E-state index contributed by atoms with van der Waals surface area (Å²) in [6.45, 7) is 9.19. The summed E-state index contributed by atoms with van der Waals surface area (Å²) in [5, 5.41) is 3.60. The van der Waals surface area contributed by atoms with E-state index >= 15 is 0 Å². The molecule has 6 heteroatoms. The molecule has 0 aromatic carbocycles. The van der Waals surface area contributed by atoms with Gasteiger partial charge in [0.2, 0.25) is 15.9 Å². The average molecular weight is 246 g/mol. The van der Waals surface area contributed by atoms with Crippen molar-refractivity contribution in [2.45, 2.75) is 39.3 Å². The van der Waals surface area contributed by atoms with Crippen LogP contribution in [0, 0.1) is 5.41 Å². The number of amides is 1. The fourth-order valence-corrected chi connectivity index (χ4v) is 2.29. The van der Waals surface area contributed by atoms with Crippen molar-refractivity contribution in [1.82, 2.24) is 10.0 Å². The van der Waals surface area contributed by atoms with Gasteiger partial charge >= 0.3 is 0 Å². The fourth-order valence-electron chi connectivity index (χ4n) is 1.59. The minimum atomic E-state index is -3.55. The summed E-state index contributed by atoms with van der Waals surface area (Å²) >= 11 is 0. The van der Waals surface area contributed by atoms with Crippen molar-refractivity contribution >= 4 is 15.9 Å². The Morgan fingerprint density at radius 3 is 2.44 bits per heavy atom. The number of sulfonamides is 1. The van der Waals surface area contributed by atoms with Crippen LogP contribution in [0.2, 0.25) is 0 Å². The Bertz CT molecular complexity index is 395. The second kappa shape index (κ2) is 4.18. The molecular weight excluding hydrogens is 228 g/mol. The highest BCUT2D eigenvalue weighted by atomic mass is 32.2. The second-order valence-electron chi connectivity index (χ2n) is 5.05. The Hall–Kier alpha value is -0.880. The Morgan fingerprint density at radius 1 is 1.50 bits per heavy atom. The largest absolute Gasteiger partial charge is 0.351 e. The molecule has 1 rings (SSSR count). The number of hydrogen-bond donors (Lipinski definition) is 2. The number of carbonyl (C=O) groups excluding carboxylic acids is 1. The fraction of sp³-hybridized carbons (Fsp3) is 0.700. The molecule has 1 aliphatic rings. The summed E-state index contributed by atoms with van der Waals surface area (Å²) in [6, 6.07) is -0.704. The summed E-state index contributed by atoms with van der Waals surface area (Å²) in [5.41, 5.74) is -0.0793. The molecule has 0 saturated carbocycles. The van der Waals surface area contributed by atoms with E-state index in [2.05, 4.69) is 16.6 Å². The first kappa shape index (κ1) is 13.2. The van der Waals surface area contributed by atoms with E-state index < -0.39 is 16.1 Å². The minimum absolute atomic E-state index is 0.0162. The molecule has 0 radical (unpaired) electrons. The molecule has 2 N–H and O–H groups in total. The van der Waals surface area contributed by atoms with Crippen molar-refractivity contribution in [3.05, 3.63) is 12.0 Å². The van der Waals surface area contributed by atoms with Crippen LogP contribution in [0.25, 0.3) is 0 Å². The molecular formula is C10H18N2O3S. The number of carbonyl (C=O) groups is 1. The maximum atomic E-state index is 11.6. The molecule has 1 heterocycles. The maximum Gasteiger partial charge on any atom is 0.238 e. The van der Waals surface area contributed by atoms with E-state index in [0.29, 0.717) is 6.42 Å². The zero-order valence-electron chi connectivity index (χ0n) is 9.78. The predicted octanol–water partition coefficient (Wildman–Crippen LogP) is 0.353. The van der Waals surface area contributed by atoms with Crippen LogP contribution in [0.3, 0.4) is 0 Å². The molecule has 1 fully saturated rings. The van der Waals surface area contributed by atoms with Crippen LogP contribution >= 0.6 is 0 Å². The molecule has 0 spiro atoms. The molecule has 0 aromatic heterocycles. The number of rotatable bonds is 3. The van der Waals surface area contributed by atoms with E-state index in [1.807, 2.05) is 20.8 Å². The van der Waals surface area contributed by atoms with E-state index in [-0.39, 0.29) is 17.4 Å². The van der Waals surface area contributed by atoms with Crippen molar-refractivity contribution in [2.24, 2.45) is 5.41 Å². The third kappa shape index (κ3) is 3.05. The van der Waals surface area contributed by atoms with Crippen LogP contribution in [0.4, 0.5) is 0 Å². The van der Waals surface area contributed by atoms with Crippen LogP contribution < -0.4 is 10.0 Å². The molecule has 92 valence electrons. The molecule has 0 unspecified atom stereocenters. The summed E-state index contributed by atoms with van der Waals surface area (Å²) in [5.74, 6) is -0.273. The molecule has 5 nitrogen and oxygen atoms in total. The maximum absolute atomic E-state index is 11.6. The highest BCUT2D eigenvalue weighted by Crippen LogP contribution is 2.26. The van der Waals surface area contributed by atoms with Crippen molar-refractivity contribution in [2.75, 3.05) is 0 Å². The third-order valence-corrected chi connectivity index (χ3v) is 3.73. The Labute approximate surface area is 96.4 Å². The highest BCUT2D eigenvalue weighted by molar-refractivity contribution is 7.92. The molecule has 1 aliphatic heterocycles. The summed E-state index contributed by atoms with van der Waals surface area (Å²) in [4.78, 5) is 11.6.